The van der Waals surface area contributed by atoms with Gasteiger partial charge < -0.3 is 0 Å². The zero-order chi connectivity index (χ0) is 12.3. The number of azo groups is 1. The van der Waals surface area contributed by atoms with Crippen molar-refractivity contribution in [2.24, 2.45) is 10.2 Å². The molecular weight excluding hydrogens is 212 g/mol. The molecular formula is C14H14N2O. The Kier molecular flexibility index (Phi) is 3.28. The summed E-state index contributed by atoms with van der Waals surface area (Å²) in [6, 6.07) is 7.80. The van der Waals surface area contributed by atoms with E-state index < -0.39 is 0 Å². The number of ketones is 1. The van der Waals surface area contributed by atoms with Crippen molar-refractivity contribution in [2.45, 2.75) is 20.3 Å². The van der Waals surface area contributed by atoms with Gasteiger partial charge in [-0.3, -0.25) is 4.79 Å². The lowest BCUT2D eigenvalue weighted by atomic mass is 10.2. The first-order valence-electron chi connectivity index (χ1n) is 5.56. The molecule has 0 saturated carbocycles. The second-order valence-corrected chi connectivity index (χ2v) is 4.06. The zero-order valence-electron chi connectivity index (χ0n) is 9.97. The Bertz CT molecular complexity index is 522. The molecule has 0 spiro atoms. The van der Waals surface area contributed by atoms with Crippen LogP contribution in [0.25, 0.3) is 0 Å². The molecule has 0 N–H and O–H groups in total. The minimum Gasteiger partial charge on any atom is -0.294 e. The number of aryl methyl sites for hydroxylation is 1. The van der Waals surface area contributed by atoms with Crippen LogP contribution in [-0.2, 0) is 4.79 Å². The maximum Gasteiger partial charge on any atom is 0.161 e. The van der Waals surface area contributed by atoms with Crippen LogP contribution in [0, 0.1) is 6.92 Å². The molecule has 0 amide bonds. The number of allylic oxidation sites excluding steroid dienone is 3. The zero-order valence-corrected chi connectivity index (χ0v) is 9.97. The number of nitrogens with zero attached hydrogens (tertiary/aromatic N) is 2. The fraction of sp³-hybridized carbons (Fsp3) is 0.214. The molecule has 3 heteroatoms. The minimum atomic E-state index is 0.0385. The van der Waals surface area contributed by atoms with Gasteiger partial charge in [0.2, 0.25) is 0 Å². The Morgan fingerprint density at radius 2 is 1.88 bits per heavy atom. The SMILES string of the molecule is CC(=O)C1=C(N=Nc2ccc(C)cc2)CC=C1. The van der Waals surface area contributed by atoms with E-state index in [2.05, 4.69) is 10.2 Å². The molecule has 1 aromatic carbocycles. The van der Waals surface area contributed by atoms with Gasteiger partial charge in [-0.2, -0.15) is 10.2 Å². The van der Waals surface area contributed by atoms with E-state index in [1.165, 1.54) is 5.56 Å². The fourth-order valence-corrected chi connectivity index (χ4v) is 1.64. The summed E-state index contributed by atoms with van der Waals surface area (Å²) in [7, 11) is 0. The second-order valence-electron chi connectivity index (χ2n) is 4.06. The maximum absolute atomic E-state index is 11.3. The number of hydrogen-bond acceptors (Lipinski definition) is 3. The maximum atomic E-state index is 11.3. The Morgan fingerprint density at radius 1 is 1.18 bits per heavy atom. The Labute approximate surface area is 101 Å². The predicted molar refractivity (Wildman–Crippen MR) is 67.2 cm³/mol. The van der Waals surface area contributed by atoms with Crippen LogP contribution >= 0.6 is 0 Å². The normalized spacial score (nSPS) is 14.9. The molecule has 0 atom stereocenters. The van der Waals surface area contributed by atoms with Crippen molar-refractivity contribution in [3.8, 4) is 0 Å². The molecule has 0 fully saturated rings. The smallest absolute Gasteiger partial charge is 0.161 e. The molecule has 0 heterocycles. The van der Waals surface area contributed by atoms with Gasteiger partial charge in [0, 0.05) is 12.0 Å². The quantitative estimate of drug-likeness (QED) is 0.721. The van der Waals surface area contributed by atoms with Gasteiger partial charge in [0.1, 0.15) is 0 Å². The molecule has 0 saturated heterocycles. The van der Waals surface area contributed by atoms with Crippen LogP contribution in [0.1, 0.15) is 18.9 Å². The van der Waals surface area contributed by atoms with E-state index in [9.17, 15) is 4.79 Å². The van der Waals surface area contributed by atoms with Crippen molar-refractivity contribution >= 4 is 11.5 Å². The summed E-state index contributed by atoms with van der Waals surface area (Å²) in [5.74, 6) is 0.0385. The fourth-order valence-electron chi connectivity index (χ4n) is 1.64. The third-order valence-electron chi connectivity index (χ3n) is 2.61. The molecule has 1 aromatic rings. The Balaban J connectivity index is 2.19. The molecule has 0 radical (unpaired) electrons. The largest absolute Gasteiger partial charge is 0.294 e. The molecule has 86 valence electrons. The molecule has 0 aliphatic heterocycles. The van der Waals surface area contributed by atoms with E-state index >= 15 is 0 Å². The van der Waals surface area contributed by atoms with E-state index in [0.29, 0.717) is 12.0 Å². The lowest BCUT2D eigenvalue weighted by Gasteiger charge is -1.97. The average molecular weight is 226 g/mol. The van der Waals surface area contributed by atoms with Crippen LogP contribution in [0.5, 0.6) is 0 Å². The molecule has 0 unspecified atom stereocenters. The van der Waals surface area contributed by atoms with Crippen molar-refractivity contribution in [2.75, 3.05) is 0 Å². The topological polar surface area (TPSA) is 41.8 Å². The van der Waals surface area contributed by atoms with Crippen LogP contribution in [0.15, 0.2) is 57.9 Å². The third kappa shape index (κ3) is 2.75. The van der Waals surface area contributed by atoms with E-state index in [4.69, 9.17) is 0 Å². The lowest BCUT2D eigenvalue weighted by Crippen LogP contribution is -1.93. The van der Waals surface area contributed by atoms with Gasteiger partial charge >= 0.3 is 0 Å². The molecule has 3 nitrogen and oxygen atoms in total. The molecule has 1 aliphatic carbocycles. The van der Waals surface area contributed by atoms with E-state index in [0.717, 1.165) is 11.4 Å². The first-order chi connectivity index (χ1) is 8.16. The number of carbonyl (C=O) groups excluding carboxylic acids is 1. The number of benzene rings is 1. The van der Waals surface area contributed by atoms with Crippen LogP contribution in [0.4, 0.5) is 5.69 Å². The first-order valence-corrected chi connectivity index (χ1v) is 5.56. The van der Waals surface area contributed by atoms with Gasteiger partial charge in [-0.05, 0) is 26.0 Å². The van der Waals surface area contributed by atoms with Gasteiger partial charge in [0.15, 0.2) is 5.78 Å². The van der Waals surface area contributed by atoms with Crippen molar-refractivity contribution in [1.29, 1.82) is 0 Å². The summed E-state index contributed by atoms with van der Waals surface area (Å²) in [5.41, 5.74) is 3.41. The second kappa shape index (κ2) is 4.87. The number of carbonyl (C=O) groups is 1. The summed E-state index contributed by atoms with van der Waals surface area (Å²) in [6.07, 6.45) is 4.43. The van der Waals surface area contributed by atoms with Crippen molar-refractivity contribution in [1.82, 2.24) is 0 Å². The van der Waals surface area contributed by atoms with E-state index in [1.807, 2.05) is 43.3 Å². The van der Waals surface area contributed by atoms with Crippen LogP contribution in [-0.4, -0.2) is 5.78 Å². The number of hydrogen-bond donors (Lipinski definition) is 0. The van der Waals surface area contributed by atoms with Gasteiger partial charge in [-0.25, -0.2) is 0 Å². The molecule has 17 heavy (non-hydrogen) atoms. The minimum absolute atomic E-state index is 0.0385. The molecule has 2 rings (SSSR count). The van der Waals surface area contributed by atoms with Gasteiger partial charge in [0.25, 0.3) is 0 Å². The Morgan fingerprint density at radius 3 is 2.53 bits per heavy atom. The van der Waals surface area contributed by atoms with Crippen LogP contribution < -0.4 is 0 Å². The number of Topliss-reactive ketones (excluding diaryl/α,β-unsaturated/α-hetero) is 1. The van der Waals surface area contributed by atoms with E-state index in [-0.39, 0.29) is 5.78 Å². The summed E-state index contributed by atoms with van der Waals surface area (Å²) in [6.45, 7) is 3.57. The van der Waals surface area contributed by atoms with Crippen molar-refractivity contribution in [3.63, 3.8) is 0 Å². The van der Waals surface area contributed by atoms with Gasteiger partial charge in [-0.1, -0.05) is 29.8 Å². The van der Waals surface area contributed by atoms with Gasteiger partial charge in [0.05, 0.1) is 11.4 Å². The highest BCUT2D eigenvalue weighted by Gasteiger charge is 2.12. The highest BCUT2D eigenvalue weighted by molar-refractivity contribution is 5.97. The van der Waals surface area contributed by atoms with Crippen molar-refractivity contribution < 1.29 is 4.79 Å². The Hall–Kier alpha value is -2.03. The van der Waals surface area contributed by atoms with E-state index in [1.54, 1.807) is 6.92 Å². The monoisotopic (exact) mass is 226 g/mol. The molecule has 1 aliphatic rings. The first kappa shape index (κ1) is 11.5. The standard InChI is InChI=1S/C14H14N2O/c1-10-6-8-12(9-7-10)15-16-14-5-3-4-13(14)11(2)17/h3-4,6-9H,5H2,1-2H3. The van der Waals surface area contributed by atoms with Gasteiger partial charge in [-0.15, -0.1) is 0 Å². The number of rotatable bonds is 3. The summed E-state index contributed by atoms with van der Waals surface area (Å²) in [4.78, 5) is 11.3. The molecule has 0 bridgehead atoms. The summed E-state index contributed by atoms with van der Waals surface area (Å²) in [5, 5.41) is 8.28. The van der Waals surface area contributed by atoms with Crippen molar-refractivity contribution in [3.05, 3.63) is 53.3 Å². The average Bonchev–Trinajstić information content (AvgIpc) is 2.76. The van der Waals surface area contributed by atoms with Crippen LogP contribution in [0.2, 0.25) is 0 Å². The predicted octanol–water partition coefficient (Wildman–Crippen LogP) is 3.88. The summed E-state index contributed by atoms with van der Waals surface area (Å²) >= 11 is 0. The third-order valence-corrected chi connectivity index (χ3v) is 2.61. The highest BCUT2D eigenvalue weighted by Crippen LogP contribution is 2.23. The molecule has 0 aromatic heterocycles. The summed E-state index contributed by atoms with van der Waals surface area (Å²) < 4.78 is 0. The highest BCUT2D eigenvalue weighted by atomic mass is 16.1. The van der Waals surface area contributed by atoms with Crippen LogP contribution in [0.3, 0.4) is 0 Å². The lowest BCUT2D eigenvalue weighted by molar-refractivity contribution is -0.113.